The maximum Gasteiger partial charge on any atom is 0.330 e. The minimum Gasteiger partial charge on any atom is -0.497 e. The molecule has 3 aromatic carbocycles. The quantitative estimate of drug-likeness (QED) is 0.403. The minimum absolute atomic E-state index is 0.251. The van der Waals surface area contributed by atoms with E-state index in [1.807, 2.05) is 30.3 Å². The number of hydrogen-bond donors (Lipinski definition) is 0. The fourth-order valence-corrected chi connectivity index (χ4v) is 4.45. The molecule has 3 aromatic rings. The predicted octanol–water partition coefficient (Wildman–Crippen LogP) is 5.35. The van der Waals surface area contributed by atoms with Crippen LogP contribution in [-0.4, -0.2) is 26.7 Å². The summed E-state index contributed by atoms with van der Waals surface area (Å²) in [6, 6.07) is 21.0. The van der Waals surface area contributed by atoms with E-state index in [9.17, 15) is 9.18 Å². The molecule has 0 saturated heterocycles. The molecule has 0 N–H and O–H groups in total. The topological polar surface area (TPSA) is 38.8 Å². The van der Waals surface area contributed by atoms with E-state index in [-0.39, 0.29) is 5.82 Å². The third-order valence-electron chi connectivity index (χ3n) is 6.21. The average Bonchev–Trinajstić information content (AvgIpc) is 2.83. The van der Waals surface area contributed by atoms with E-state index < -0.39 is 11.5 Å². The number of esters is 1. The predicted molar refractivity (Wildman–Crippen MR) is 124 cm³/mol. The molecule has 4 nitrogen and oxygen atoms in total. The summed E-state index contributed by atoms with van der Waals surface area (Å²) in [7, 11) is 3.03. The van der Waals surface area contributed by atoms with E-state index in [2.05, 4.69) is 40.8 Å². The summed E-state index contributed by atoms with van der Waals surface area (Å²) in [5, 5.41) is 0. The van der Waals surface area contributed by atoms with E-state index in [0.717, 1.165) is 35.5 Å². The Morgan fingerprint density at radius 2 is 1.75 bits per heavy atom. The maximum absolute atomic E-state index is 13.6. The van der Waals surface area contributed by atoms with E-state index in [0.29, 0.717) is 0 Å². The summed E-state index contributed by atoms with van der Waals surface area (Å²) in [4.78, 5) is 13.7. The van der Waals surface area contributed by atoms with Gasteiger partial charge in [-0.05, 0) is 78.1 Å². The highest BCUT2D eigenvalue weighted by Crippen LogP contribution is 2.44. The Kier molecular flexibility index (Phi) is 5.99. The lowest BCUT2D eigenvalue weighted by Gasteiger charge is -2.48. The van der Waals surface area contributed by atoms with Crippen molar-refractivity contribution >= 4 is 17.7 Å². The number of halogens is 1. The first-order valence-corrected chi connectivity index (χ1v) is 10.5. The number of carbonyl (C=O) groups is 1. The van der Waals surface area contributed by atoms with Gasteiger partial charge in [0.15, 0.2) is 0 Å². The summed E-state index contributed by atoms with van der Waals surface area (Å²) in [5.74, 6) is 0.197. The van der Waals surface area contributed by atoms with Gasteiger partial charge in [0, 0.05) is 18.3 Å². The molecule has 1 unspecified atom stereocenters. The van der Waals surface area contributed by atoms with Gasteiger partial charge in [-0.1, -0.05) is 30.3 Å². The molecule has 1 atom stereocenters. The monoisotopic (exact) mass is 431 g/mol. The summed E-state index contributed by atoms with van der Waals surface area (Å²) < 4.78 is 23.7. The molecule has 0 aliphatic carbocycles. The van der Waals surface area contributed by atoms with Crippen LogP contribution in [-0.2, 0) is 21.5 Å². The zero-order valence-electron chi connectivity index (χ0n) is 18.5. The van der Waals surface area contributed by atoms with Crippen LogP contribution in [0.15, 0.2) is 72.8 Å². The summed E-state index contributed by atoms with van der Waals surface area (Å²) >= 11 is 0. The highest BCUT2D eigenvalue weighted by molar-refractivity contribution is 5.86. The molecular formula is C27H26FNO3. The third kappa shape index (κ3) is 3.98. The van der Waals surface area contributed by atoms with Gasteiger partial charge in [-0.15, -0.1) is 0 Å². The number of hydrogen-bond acceptors (Lipinski definition) is 4. The molecule has 0 spiro atoms. The number of rotatable bonds is 5. The molecule has 0 aromatic heterocycles. The Balaban J connectivity index is 1.80. The first-order valence-electron chi connectivity index (χ1n) is 10.5. The van der Waals surface area contributed by atoms with Crippen molar-refractivity contribution in [2.24, 2.45) is 0 Å². The number of benzene rings is 3. The van der Waals surface area contributed by atoms with Crippen LogP contribution in [0.3, 0.4) is 0 Å². The zero-order chi connectivity index (χ0) is 22.7. The van der Waals surface area contributed by atoms with Crippen molar-refractivity contribution in [2.75, 3.05) is 25.7 Å². The van der Waals surface area contributed by atoms with E-state index >= 15 is 0 Å². The number of nitrogens with zero attached hydrogens (tertiary/aromatic N) is 1. The van der Waals surface area contributed by atoms with Gasteiger partial charge in [-0.3, -0.25) is 0 Å². The van der Waals surface area contributed by atoms with Crippen LogP contribution in [0.4, 0.5) is 10.1 Å². The molecule has 1 aliphatic rings. The van der Waals surface area contributed by atoms with Crippen molar-refractivity contribution in [1.82, 2.24) is 0 Å². The van der Waals surface area contributed by atoms with Crippen LogP contribution in [0.25, 0.3) is 6.08 Å². The second-order valence-corrected chi connectivity index (χ2v) is 7.95. The van der Waals surface area contributed by atoms with Crippen molar-refractivity contribution in [3.05, 3.63) is 101 Å². The lowest BCUT2D eigenvalue weighted by Crippen LogP contribution is -2.49. The first kappa shape index (κ1) is 21.6. The fourth-order valence-electron chi connectivity index (χ4n) is 4.45. The molecule has 0 amide bonds. The smallest absolute Gasteiger partial charge is 0.330 e. The first-order chi connectivity index (χ1) is 15.5. The summed E-state index contributed by atoms with van der Waals surface area (Å²) in [6.45, 7) is 2.98. The van der Waals surface area contributed by atoms with Crippen LogP contribution in [0, 0.1) is 5.82 Å². The number of ether oxygens (including phenoxy) is 2. The van der Waals surface area contributed by atoms with Gasteiger partial charge in [0.25, 0.3) is 0 Å². The van der Waals surface area contributed by atoms with E-state index in [1.165, 1.54) is 36.4 Å². The van der Waals surface area contributed by atoms with Crippen LogP contribution in [0.2, 0.25) is 0 Å². The van der Waals surface area contributed by atoms with Crippen LogP contribution >= 0.6 is 0 Å². The highest BCUT2D eigenvalue weighted by atomic mass is 19.1. The average molecular weight is 432 g/mol. The third-order valence-corrected chi connectivity index (χ3v) is 6.21. The Bertz CT molecular complexity index is 1140. The normalized spacial score (nSPS) is 17.8. The molecule has 5 heteroatoms. The molecule has 32 heavy (non-hydrogen) atoms. The number of anilines is 1. The van der Waals surface area contributed by atoms with E-state index in [1.54, 1.807) is 13.2 Å². The summed E-state index contributed by atoms with van der Waals surface area (Å²) in [5.41, 5.74) is 4.92. The zero-order valence-corrected chi connectivity index (χ0v) is 18.5. The molecule has 164 valence electrons. The minimum atomic E-state index is -0.470. The number of methoxy groups -OCH3 is 2. The van der Waals surface area contributed by atoms with Crippen molar-refractivity contribution < 1.29 is 18.7 Å². The number of fused-ring (bicyclic) bond motifs is 1. The molecular weight excluding hydrogens is 405 g/mol. The van der Waals surface area contributed by atoms with Gasteiger partial charge < -0.3 is 14.4 Å². The molecule has 4 rings (SSSR count). The lowest BCUT2D eigenvalue weighted by molar-refractivity contribution is -0.134. The largest absolute Gasteiger partial charge is 0.497 e. The Morgan fingerprint density at radius 1 is 1.03 bits per heavy atom. The highest BCUT2D eigenvalue weighted by Gasteiger charge is 2.40. The Hall–Kier alpha value is -3.60. The van der Waals surface area contributed by atoms with Gasteiger partial charge in [-0.25, -0.2) is 9.18 Å². The summed E-state index contributed by atoms with van der Waals surface area (Å²) in [6.07, 6.45) is 4.00. The fraction of sp³-hybridized carbons (Fsp3) is 0.222. The molecule has 0 fully saturated rings. The van der Waals surface area contributed by atoms with Gasteiger partial charge >= 0.3 is 5.97 Å². The molecule has 0 saturated carbocycles. The molecule has 1 aliphatic heterocycles. The van der Waals surface area contributed by atoms with Crippen LogP contribution < -0.4 is 9.64 Å². The van der Waals surface area contributed by atoms with Crippen molar-refractivity contribution in [2.45, 2.75) is 18.9 Å². The maximum atomic E-state index is 13.6. The van der Waals surface area contributed by atoms with Crippen molar-refractivity contribution in [1.29, 1.82) is 0 Å². The molecule has 1 heterocycles. The Labute approximate surface area is 187 Å². The van der Waals surface area contributed by atoms with Crippen LogP contribution in [0.5, 0.6) is 5.75 Å². The Morgan fingerprint density at radius 3 is 2.41 bits per heavy atom. The van der Waals surface area contributed by atoms with Gasteiger partial charge in [0.1, 0.15) is 11.6 Å². The second kappa shape index (κ2) is 8.87. The molecule has 0 bridgehead atoms. The second-order valence-electron chi connectivity index (χ2n) is 7.95. The van der Waals surface area contributed by atoms with Crippen LogP contribution in [0.1, 0.15) is 29.2 Å². The SMILES string of the molecule is COC(=O)C=Cc1ccc(C2(C)c3ccc(OC)cc3CCN2c2ccc(F)cc2)cc1. The van der Waals surface area contributed by atoms with Gasteiger partial charge in [0.2, 0.25) is 0 Å². The van der Waals surface area contributed by atoms with Gasteiger partial charge in [-0.2, -0.15) is 0 Å². The standard InChI is InChI=1S/C27H26FNO3/c1-27(21-7-4-19(5-8-21)6-15-26(30)32-3)25-14-13-24(31-2)18-20(25)16-17-29(27)23-11-9-22(28)10-12-23/h4-15,18H,16-17H2,1-3H3. The van der Waals surface area contributed by atoms with Crippen molar-refractivity contribution in [3.8, 4) is 5.75 Å². The molecule has 0 radical (unpaired) electrons. The van der Waals surface area contributed by atoms with E-state index in [4.69, 9.17) is 4.74 Å². The van der Waals surface area contributed by atoms with Crippen molar-refractivity contribution in [3.63, 3.8) is 0 Å². The number of carbonyl (C=O) groups excluding carboxylic acids is 1. The lowest BCUT2D eigenvalue weighted by atomic mass is 9.76. The van der Waals surface area contributed by atoms with Gasteiger partial charge in [0.05, 0.1) is 19.8 Å².